The maximum atomic E-state index is 11.7. The van der Waals surface area contributed by atoms with Gasteiger partial charge in [0, 0.05) is 25.9 Å². The Balaban J connectivity index is 3.13. The third-order valence-electron chi connectivity index (χ3n) is 1.97. The smallest absolute Gasteiger partial charge is 0.272 e. The van der Waals surface area contributed by atoms with Crippen LogP contribution in [-0.2, 0) is 0 Å². The zero-order valence-electron chi connectivity index (χ0n) is 8.98. The van der Waals surface area contributed by atoms with Crippen molar-refractivity contribution in [2.45, 2.75) is 19.8 Å². The fraction of sp³-hybridized carbons (Fsp3) is 0.500. The molecule has 0 N–H and O–H groups in total. The lowest BCUT2D eigenvalue weighted by Gasteiger charge is -2.14. The summed E-state index contributed by atoms with van der Waals surface area (Å²) >= 11 is 0. The van der Waals surface area contributed by atoms with Gasteiger partial charge in [-0.05, 0) is 5.92 Å². The van der Waals surface area contributed by atoms with Crippen LogP contribution in [-0.4, -0.2) is 34.9 Å². The van der Waals surface area contributed by atoms with Crippen molar-refractivity contribution in [2.75, 3.05) is 14.1 Å². The van der Waals surface area contributed by atoms with Crippen molar-refractivity contribution in [2.24, 2.45) is 0 Å². The molecule has 0 aromatic carbocycles. The lowest BCUT2D eigenvalue weighted by Crippen LogP contribution is -2.24. The van der Waals surface area contributed by atoms with Crippen LogP contribution in [0.3, 0.4) is 0 Å². The van der Waals surface area contributed by atoms with Crippen molar-refractivity contribution in [3.05, 3.63) is 23.8 Å². The Morgan fingerprint density at radius 1 is 1.43 bits per heavy atom. The van der Waals surface area contributed by atoms with Crippen LogP contribution in [0.2, 0.25) is 0 Å². The summed E-state index contributed by atoms with van der Waals surface area (Å²) in [5, 5.41) is 0. The molecule has 0 saturated heterocycles. The number of rotatable bonds is 2. The highest BCUT2D eigenvalue weighted by Gasteiger charge is 2.16. The van der Waals surface area contributed by atoms with Crippen LogP contribution in [0.5, 0.6) is 0 Å². The Labute approximate surface area is 84.0 Å². The SMILES string of the molecule is CC(C)c1cncnc1C(=O)N(C)C. The van der Waals surface area contributed by atoms with Crippen LogP contribution < -0.4 is 0 Å². The number of hydrogen-bond donors (Lipinski definition) is 0. The van der Waals surface area contributed by atoms with Gasteiger partial charge < -0.3 is 4.90 Å². The molecule has 1 aromatic rings. The number of nitrogens with zero attached hydrogens (tertiary/aromatic N) is 3. The molecule has 0 radical (unpaired) electrons. The monoisotopic (exact) mass is 193 g/mol. The van der Waals surface area contributed by atoms with Crippen molar-refractivity contribution in [1.82, 2.24) is 14.9 Å². The quantitative estimate of drug-likeness (QED) is 0.711. The number of carbonyl (C=O) groups is 1. The van der Waals surface area contributed by atoms with E-state index < -0.39 is 0 Å². The Kier molecular flexibility index (Phi) is 3.17. The molecule has 4 heteroatoms. The van der Waals surface area contributed by atoms with Gasteiger partial charge in [0.25, 0.3) is 5.91 Å². The highest BCUT2D eigenvalue weighted by molar-refractivity contribution is 5.93. The van der Waals surface area contributed by atoms with Crippen molar-refractivity contribution >= 4 is 5.91 Å². The molecule has 76 valence electrons. The van der Waals surface area contributed by atoms with E-state index in [0.29, 0.717) is 5.69 Å². The summed E-state index contributed by atoms with van der Waals surface area (Å²) in [5.74, 6) is 0.186. The van der Waals surface area contributed by atoms with E-state index in [1.807, 2.05) is 13.8 Å². The van der Waals surface area contributed by atoms with Gasteiger partial charge in [0.2, 0.25) is 0 Å². The maximum absolute atomic E-state index is 11.7. The second-order valence-corrected chi connectivity index (χ2v) is 3.68. The van der Waals surface area contributed by atoms with Crippen molar-refractivity contribution in [3.63, 3.8) is 0 Å². The molecule has 0 aliphatic heterocycles. The summed E-state index contributed by atoms with van der Waals surface area (Å²) in [6.07, 6.45) is 3.11. The Morgan fingerprint density at radius 3 is 2.57 bits per heavy atom. The third-order valence-corrected chi connectivity index (χ3v) is 1.97. The minimum absolute atomic E-state index is 0.0731. The second kappa shape index (κ2) is 4.17. The summed E-state index contributed by atoms with van der Waals surface area (Å²) in [6, 6.07) is 0. The number of amides is 1. The van der Waals surface area contributed by atoms with Gasteiger partial charge >= 0.3 is 0 Å². The zero-order valence-corrected chi connectivity index (χ0v) is 8.98. The summed E-state index contributed by atoms with van der Waals surface area (Å²) < 4.78 is 0. The zero-order chi connectivity index (χ0) is 10.7. The lowest BCUT2D eigenvalue weighted by atomic mass is 10.0. The summed E-state index contributed by atoms with van der Waals surface area (Å²) in [7, 11) is 3.43. The van der Waals surface area contributed by atoms with Crippen LogP contribution in [0.15, 0.2) is 12.5 Å². The predicted molar refractivity (Wildman–Crippen MR) is 54.1 cm³/mol. The maximum Gasteiger partial charge on any atom is 0.272 e. The van der Waals surface area contributed by atoms with Gasteiger partial charge in [-0.3, -0.25) is 4.79 Å². The van der Waals surface area contributed by atoms with Crippen molar-refractivity contribution in [1.29, 1.82) is 0 Å². The fourth-order valence-electron chi connectivity index (χ4n) is 1.15. The lowest BCUT2D eigenvalue weighted by molar-refractivity contribution is 0.0820. The first-order chi connectivity index (χ1) is 6.54. The summed E-state index contributed by atoms with van der Waals surface area (Å²) in [6.45, 7) is 4.04. The van der Waals surface area contributed by atoms with E-state index in [1.165, 1.54) is 11.2 Å². The first kappa shape index (κ1) is 10.6. The molecular formula is C10H15N3O. The molecule has 0 saturated carbocycles. The Hall–Kier alpha value is -1.45. The van der Waals surface area contributed by atoms with Crippen molar-refractivity contribution in [3.8, 4) is 0 Å². The van der Waals surface area contributed by atoms with E-state index >= 15 is 0 Å². The highest BCUT2D eigenvalue weighted by Crippen LogP contribution is 2.16. The van der Waals surface area contributed by atoms with Gasteiger partial charge in [-0.25, -0.2) is 9.97 Å². The van der Waals surface area contributed by atoms with Gasteiger partial charge in [-0.2, -0.15) is 0 Å². The second-order valence-electron chi connectivity index (χ2n) is 3.68. The van der Waals surface area contributed by atoms with Crippen LogP contribution in [0.1, 0.15) is 35.8 Å². The van der Waals surface area contributed by atoms with E-state index in [0.717, 1.165) is 5.56 Å². The van der Waals surface area contributed by atoms with Crippen LogP contribution in [0, 0.1) is 0 Å². The van der Waals surface area contributed by atoms with Gasteiger partial charge in [0.05, 0.1) is 0 Å². The minimum Gasteiger partial charge on any atom is -0.343 e. The minimum atomic E-state index is -0.0731. The molecule has 0 unspecified atom stereocenters. The van der Waals surface area contributed by atoms with Crippen LogP contribution >= 0.6 is 0 Å². The highest BCUT2D eigenvalue weighted by atomic mass is 16.2. The largest absolute Gasteiger partial charge is 0.343 e. The third kappa shape index (κ3) is 2.07. The van der Waals surface area contributed by atoms with E-state index in [1.54, 1.807) is 20.3 Å². The molecule has 1 rings (SSSR count). The number of hydrogen-bond acceptors (Lipinski definition) is 3. The Morgan fingerprint density at radius 2 is 2.07 bits per heavy atom. The molecule has 0 bridgehead atoms. The molecule has 14 heavy (non-hydrogen) atoms. The van der Waals surface area contributed by atoms with Gasteiger partial charge in [0.1, 0.15) is 12.0 Å². The average molecular weight is 193 g/mol. The average Bonchev–Trinajstić information content (AvgIpc) is 2.16. The molecule has 1 heterocycles. The topological polar surface area (TPSA) is 46.1 Å². The standard InChI is InChI=1S/C10H15N3O/c1-7(2)8-5-11-6-12-9(8)10(14)13(3)4/h5-7H,1-4H3. The van der Waals surface area contributed by atoms with E-state index in [4.69, 9.17) is 0 Å². The van der Waals surface area contributed by atoms with Gasteiger partial charge in [-0.1, -0.05) is 13.8 Å². The molecule has 4 nitrogen and oxygen atoms in total. The predicted octanol–water partition coefficient (Wildman–Crippen LogP) is 1.30. The van der Waals surface area contributed by atoms with E-state index in [2.05, 4.69) is 9.97 Å². The first-order valence-electron chi connectivity index (χ1n) is 4.55. The Bertz CT molecular complexity index is 334. The molecule has 0 atom stereocenters. The molecule has 0 fully saturated rings. The van der Waals surface area contributed by atoms with Gasteiger partial charge in [-0.15, -0.1) is 0 Å². The van der Waals surface area contributed by atoms with Crippen LogP contribution in [0.4, 0.5) is 0 Å². The summed E-state index contributed by atoms with van der Waals surface area (Å²) in [4.78, 5) is 21.2. The molecule has 0 spiro atoms. The molecule has 0 aliphatic rings. The fourth-order valence-corrected chi connectivity index (χ4v) is 1.15. The van der Waals surface area contributed by atoms with Gasteiger partial charge in [0.15, 0.2) is 0 Å². The molecule has 1 aromatic heterocycles. The molecular weight excluding hydrogens is 178 g/mol. The van der Waals surface area contributed by atoms with Crippen molar-refractivity contribution < 1.29 is 4.79 Å². The van der Waals surface area contributed by atoms with E-state index in [9.17, 15) is 4.79 Å². The first-order valence-corrected chi connectivity index (χ1v) is 4.55. The van der Waals surface area contributed by atoms with E-state index in [-0.39, 0.29) is 11.8 Å². The van der Waals surface area contributed by atoms with Crippen LogP contribution in [0.25, 0.3) is 0 Å². The number of aromatic nitrogens is 2. The molecule has 0 aliphatic carbocycles. The normalized spacial score (nSPS) is 10.4. The molecule has 1 amide bonds. The number of carbonyl (C=O) groups excluding carboxylic acids is 1. The summed E-state index contributed by atoms with van der Waals surface area (Å²) in [5.41, 5.74) is 1.39.